The third-order valence-corrected chi connectivity index (χ3v) is 8.80. The molecule has 1 aliphatic rings. The lowest BCUT2D eigenvalue weighted by Crippen LogP contribution is -2.37. The van der Waals surface area contributed by atoms with Crippen LogP contribution in [0.3, 0.4) is 0 Å². The zero-order valence-corrected chi connectivity index (χ0v) is 18.5. The van der Waals surface area contributed by atoms with E-state index in [1.165, 1.54) is 16.4 Å². The molecule has 1 fully saturated rings. The van der Waals surface area contributed by atoms with Crippen LogP contribution >= 0.6 is 0 Å². The third-order valence-electron chi connectivity index (χ3n) is 5.15. The van der Waals surface area contributed by atoms with Crippen molar-refractivity contribution < 1.29 is 21.6 Å². The number of carbonyl (C=O) groups excluding carboxylic acids is 1. The second-order valence-electron chi connectivity index (χ2n) is 7.33. The molecule has 30 heavy (non-hydrogen) atoms. The summed E-state index contributed by atoms with van der Waals surface area (Å²) in [4.78, 5) is 14.6. The molecule has 0 saturated carbocycles. The molecule has 9 heteroatoms. The SMILES string of the molecule is Cc1ccc(S(=O)(=O)N2CCCN(C(=O)CCS(=O)(=O)c3ccccc3)CC2)cc1. The van der Waals surface area contributed by atoms with Gasteiger partial charge >= 0.3 is 0 Å². The summed E-state index contributed by atoms with van der Waals surface area (Å²) < 4.78 is 52.0. The van der Waals surface area contributed by atoms with Gasteiger partial charge in [-0.25, -0.2) is 16.8 Å². The molecule has 0 atom stereocenters. The van der Waals surface area contributed by atoms with Gasteiger partial charge in [-0.1, -0.05) is 35.9 Å². The Morgan fingerprint density at radius 1 is 0.833 bits per heavy atom. The van der Waals surface area contributed by atoms with Gasteiger partial charge in [0.2, 0.25) is 15.9 Å². The number of rotatable bonds is 6. The second-order valence-corrected chi connectivity index (χ2v) is 11.4. The van der Waals surface area contributed by atoms with E-state index in [2.05, 4.69) is 0 Å². The van der Waals surface area contributed by atoms with Crippen LogP contribution in [0.2, 0.25) is 0 Å². The maximum Gasteiger partial charge on any atom is 0.243 e. The lowest BCUT2D eigenvalue weighted by molar-refractivity contribution is -0.130. The van der Waals surface area contributed by atoms with E-state index in [4.69, 9.17) is 0 Å². The minimum atomic E-state index is -3.62. The van der Waals surface area contributed by atoms with Crippen LogP contribution in [0.1, 0.15) is 18.4 Å². The van der Waals surface area contributed by atoms with Gasteiger partial charge in [-0.3, -0.25) is 4.79 Å². The summed E-state index contributed by atoms with van der Waals surface area (Å²) in [6.45, 7) is 3.05. The number of hydrogen-bond acceptors (Lipinski definition) is 5. The number of aryl methyl sites for hydroxylation is 1. The van der Waals surface area contributed by atoms with Crippen molar-refractivity contribution in [1.82, 2.24) is 9.21 Å². The van der Waals surface area contributed by atoms with Crippen LogP contribution < -0.4 is 0 Å². The third kappa shape index (κ3) is 5.27. The fourth-order valence-corrected chi connectivity index (χ4v) is 6.09. The molecule has 7 nitrogen and oxygen atoms in total. The Bertz CT molecular complexity index is 1080. The van der Waals surface area contributed by atoms with Gasteiger partial charge in [-0.05, 0) is 37.6 Å². The molecular weight excluding hydrogens is 424 g/mol. The Hall–Kier alpha value is -2.23. The molecule has 0 aliphatic carbocycles. The number of benzene rings is 2. The van der Waals surface area contributed by atoms with E-state index in [0.29, 0.717) is 19.5 Å². The molecule has 1 heterocycles. The van der Waals surface area contributed by atoms with Gasteiger partial charge in [0.05, 0.1) is 15.5 Å². The highest BCUT2D eigenvalue weighted by Gasteiger charge is 2.28. The van der Waals surface area contributed by atoms with E-state index in [9.17, 15) is 21.6 Å². The lowest BCUT2D eigenvalue weighted by atomic mass is 10.2. The first-order valence-corrected chi connectivity index (χ1v) is 12.9. The number of carbonyl (C=O) groups is 1. The molecule has 0 N–H and O–H groups in total. The molecule has 1 amide bonds. The number of sulfonamides is 1. The van der Waals surface area contributed by atoms with Gasteiger partial charge in [0.25, 0.3) is 0 Å². The first kappa shape index (κ1) is 22.5. The number of nitrogens with zero attached hydrogens (tertiary/aromatic N) is 2. The van der Waals surface area contributed by atoms with E-state index >= 15 is 0 Å². The van der Waals surface area contributed by atoms with Crippen molar-refractivity contribution in [2.45, 2.75) is 29.6 Å². The molecule has 2 aromatic carbocycles. The smallest absolute Gasteiger partial charge is 0.243 e. The highest BCUT2D eigenvalue weighted by molar-refractivity contribution is 7.91. The zero-order chi connectivity index (χ0) is 21.8. The van der Waals surface area contributed by atoms with Crippen molar-refractivity contribution in [2.24, 2.45) is 0 Å². The van der Waals surface area contributed by atoms with Crippen LogP contribution in [0.25, 0.3) is 0 Å². The van der Waals surface area contributed by atoms with Gasteiger partial charge in [-0.2, -0.15) is 4.31 Å². The van der Waals surface area contributed by atoms with Crippen LogP contribution in [-0.2, 0) is 24.7 Å². The van der Waals surface area contributed by atoms with Crippen LogP contribution in [0, 0.1) is 6.92 Å². The standard InChI is InChI=1S/C21H26N2O5S2/c1-18-8-10-20(11-9-18)30(27,28)23-14-5-13-22(15-16-23)21(24)12-17-29(25,26)19-6-3-2-4-7-19/h2-4,6-11H,5,12-17H2,1H3. The fourth-order valence-electron chi connectivity index (χ4n) is 3.37. The van der Waals surface area contributed by atoms with Crippen LogP contribution in [0.5, 0.6) is 0 Å². The fraction of sp³-hybridized carbons (Fsp3) is 0.381. The minimum absolute atomic E-state index is 0.123. The Labute approximate surface area is 178 Å². The van der Waals surface area contributed by atoms with Crippen molar-refractivity contribution in [3.63, 3.8) is 0 Å². The summed E-state index contributed by atoms with van der Waals surface area (Å²) in [6, 6.07) is 14.7. The highest BCUT2D eigenvalue weighted by atomic mass is 32.2. The maximum atomic E-state index is 12.9. The predicted molar refractivity (Wildman–Crippen MR) is 114 cm³/mol. The molecule has 0 radical (unpaired) electrons. The van der Waals surface area contributed by atoms with Gasteiger partial charge < -0.3 is 4.90 Å². The van der Waals surface area contributed by atoms with E-state index in [0.717, 1.165) is 5.56 Å². The van der Waals surface area contributed by atoms with Crippen molar-refractivity contribution in [1.29, 1.82) is 0 Å². The first-order chi connectivity index (χ1) is 14.2. The Morgan fingerprint density at radius 3 is 2.17 bits per heavy atom. The first-order valence-electron chi connectivity index (χ1n) is 9.82. The molecule has 162 valence electrons. The quantitative estimate of drug-likeness (QED) is 0.672. The van der Waals surface area contributed by atoms with Crippen molar-refractivity contribution in [3.05, 3.63) is 60.2 Å². The van der Waals surface area contributed by atoms with Crippen molar-refractivity contribution in [2.75, 3.05) is 31.9 Å². The number of sulfone groups is 1. The lowest BCUT2D eigenvalue weighted by Gasteiger charge is -2.22. The Morgan fingerprint density at radius 2 is 1.50 bits per heavy atom. The summed E-state index contributed by atoms with van der Waals surface area (Å²) in [6.07, 6.45) is 0.379. The van der Waals surface area contributed by atoms with Crippen LogP contribution in [0.15, 0.2) is 64.4 Å². The Balaban J connectivity index is 1.61. The summed E-state index contributed by atoms with van der Waals surface area (Å²) >= 11 is 0. The molecule has 2 aromatic rings. The molecule has 0 spiro atoms. The normalized spacial score (nSPS) is 16.2. The average Bonchev–Trinajstić information content (AvgIpc) is 3.00. The van der Waals surface area contributed by atoms with E-state index < -0.39 is 19.9 Å². The predicted octanol–water partition coefficient (Wildman–Crippen LogP) is 2.08. The topological polar surface area (TPSA) is 91.8 Å². The largest absolute Gasteiger partial charge is 0.341 e. The Kier molecular flexibility index (Phi) is 6.95. The van der Waals surface area contributed by atoms with E-state index in [1.54, 1.807) is 47.4 Å². The van der Waals surface area contributed by atoms with E-state index in [1.807, 2.05) is 6.92 Å². The summed E-state index contributed by atoms with van der Waals surface area (Å²) in [5.74, 6) is -0.540. The second kappa shape index (κ2) is 9.28. The molecule has 0 aromatic heterocycles. The minimum Gasteiger partial charge on any atom is -0.341 e. The van der Waals surface area contributed by atoms with Crippen molar-refractivity contribution in [3.8, 4) is 0 Å². The molecule has 3 rings (SSSR count). The molecule has 1 aliphatic heterocycles. The molecule has 0 unspecified atom stereocenters. The van der Waals surface area contributed by atoms with Gasteiger partial charge in [0, 0.05) is 32.6 Å². The zero-order valence-electron chi connectivity index (χ0n) is 16.9. The molecule has 1 saturated heterocycles. The maximum absolute atomic E-state index is 12.9. The van der Waals surface area contributed by atoms with Crippen molar-refractivity contribution >= 4 is 25.8 Å². The van der Waals surface area contributed by atoms with Gasteiger partial charge in [-0.15, -0.1) is 0 Å². The van der Waals surface area contributed by atoms with Crippen LogP contribution in [0.4, 0.5) is 0 Å². The van der Waals surface area contributed by atoms with E-state index in [-0.39, 0.29) is 41.0 Å². The number of hydrogen-bond donors (Lipinski definition) is 0. The van der Waals surface area contributed by atoms with Gasteiger partial charge in [0.1, 0.15) is 0 Å². The molecular formula is C21H26N2O5S2. The average molecular weight is 451 g/mol. The monoisotopic (exact) mass is 450 g/mol. The summed E-state index contributed by atoms with van der Waals surface area (Å²) in [7, 11) is -7.15. The molecule has 0 bridgehead atoms. The highest BCUT2D eigenvalue weighted by Crippen LogP contribution is 2.19. The number of amides is 1. The summed E-state index contributed by atoms with van der Waals surface area (Å²) in [5, 5.41) is 0. The van der Waals surface area contributed by atoms with Crippen LogP contribution in [-0.4, -0.2) is 63.9 Å². The summed E-state index contributed by atoms with van der Waals surface area (Å²) in [5.41, 5.74) is 0.979. The van der Waals surface area contributed by atoms with Gasteiger partial charge in [0.15, 0.2) is 9.84 Å².